The van der Waals surface area contributed by atoms with Crippen molar-refractivity contribution in [2.75, 3.05) is 0 Å². The normalized spacial score (nSPS) is 9.38. The largest absolute Gasteiger partial charge is 0.289 e. The molecule has 3 aromatic rings. The van der Waals surface area contributed by atoms with E-state index in [0.29, 0.717) is 0 Å². The third kappa shape index (κ3) is 4.43. The van der Waals surface area contributed by atoms with Crippen molar-refractivity contribution in [3.63, 3.8) is 0 Å². The van der Waals surface area contributed by atoms with Crippen LogP contribution in [0.25, 0.3) is 0 Å². The summed E-state index contributed by atoms with van der Waals surface area (Å²) in [5, 5.41) is 0. The van der Waals surface area contributed by atoms with Crippen molar-refractivity contribution in [3.8, 4) is 0 Å². The fourth-order valence-corrected chi connectivity index (χ4v) is 1.96. The molecule has 1 nitrogen and oxygen atoms in total. The fourth-order valence-electron chi connectivity index (χ4n) is 1.96. The second-order valence-corrected chi connectivity index (χ2v) is 4.66. The Balaban J connectivity index is 0.000000225. The molecule has 0 unspecified atom stereocenters. The van der Waals surface area contributed by atoms with Gasteiger partial charge in [-0.15, -0.1) is 0 Å². The lowest BCUT2D eigenvalue weighted by atomic mass is 9.99. The van der Waals surface area contributed by atoms with Crippen molar-refractivity contribution in [3.05, 3.63) is 108 Å². The lowest BCUT2D eigenvalue weighted by Gasteiger charge is -2.03. The molecule has 0 aliphatic heterocycles. The van der Waals surface area contributed by atoms with Crippen LogP contribution in [0, 0.1) is 6.92 Å². The lowest BCUT2D eigenvalue weighted by Crippen LogP contribution is -2.02. The molecular formula is C20H18O. The zero-order chi connectivity index (χ0) is 14.9. The van der Waals surface area contributed by atoms with Crippen molar-refractivity contribution < 1.29 is 4.79 Å². The fraction of sp³-hybridized carbons (Fsp3) is 0.0500. The Morgan fingerprint density at radius 1 is 0.619 bits per heavy atom. The standard InChI is InChI=1S/C14H12O.C6H6/c1-11-7-5-6-10-13(11)14(15)12-8-3-2-4-9-12;1-2-4-6-5-3-1/h2-10H,1H3;1-6H. The minimum Gasteiger partial charge on any atom is -0.289 e. The molecule has 21 heavy (non-hydrogen) atoms. The molecule has 0 bridgehead atoms. The Bertz CT molecular complexity index is 646. The Hall–Kier alpha value is -2.67. The smallest absolute Gasteiger partial charge is 0.193 e. The van der Waals surface area contributed by atoms with E-state index in [0.717, 1.165) is 16.7 Å². The molecule has 0 amide bonds. The SMILES string of the molecule is Cc1ccccc1C(=O)c1ccccc1.c1ccccc1. The molecule has 0 fully saturated rings. The molecule has 0 aliphatic rings. The van der Waals surface area contributed by atoms with Crippen LogP contribution >= 0.6 is 0 Å². The Kier molecular flexibility index (Phi) is 5.48. The van der Waals surface area contributed by atoms with Crippen LogP contribution in [0.1, 0.15) is 21.5 Å². The van der Waals surface area contributed by atoms with Gasteiger partial charge in [-0.25, -0.2) is 0 Å². The van der Waals surface area contributed by atoms with Crippen LogP contribution in [-0.4, -0.2) is 5.78 Å². The number of carbonyl (C=O) groups is 1. The molecule has 1 heteroatoms. The maximum Gasteiger partial charge on any atom is 0.193 e. The summed E-state index contributed by atoms with van der Waals surface area (Å²) >= 11 is 0. The van der Waals surface area contributed by atoms with Gasteiger partial charge >= 0.3 is 0 Å². The molecule has 0 heterocycles. The van der Waals surface area contributed by atoms with E-state index in [2.05, 4.69) is 0 Å². The Labute approximate surface area is 125 Å². The van der Waals surface area contributed by atoms with Crippen LogP contribution in [0.5, 0.6) is 0 Å². The van der Waals surface area contributed by atoms with Crippen molar-refractivity contribution in [1.82, 2.24) is 0 Å². The van der Waals surface area contributed by atoms with E-state index in [9.17, 15) is 4.79 Å². The summed E-state index contributed by atoms with van der Waals surface area (Å²) in [6.45, 7) is 1.95. The molecule has 3 rings (SSSR count). The highest BCUT2D eigenvalue weighted by Gasteiger charge is 2.09. The molecule has 0 aromatic heterocycles. The molecule has 0 saturated carbocycles. The molecule has 0 N–H and O–H groups in total. The van der Waals surface area contributed by atoms with Crippen molar-refractivity contribution in [2.45, 2.75) is 6.92 Å². The van der Waals surface area contributed by atoms with Gasteiger partial charge in [-0.05, 0) is 12.5 Å². The maximum atomic E-state index is 12.1. The van der Waals surface area contributed by atoms with Gasteiger partial charge in [0.25, 0.3) is 0 Å². The van der Waals surface area contributed by atoms with Crippen LogP contribution < -0.4 is 0 Å². The van der Waals surface area contributed by atoms with E-state index in [1.165, 1.54) is 0 Å². The Morgan fingerprint density at radius 3 is 1.57 bits per heavy atom. The second kappa shape index (κ2) is 7.81. The van der Waals surface area contributed by atoms with Gasteiger partial charge in [-0.1, -0.05) is 91.0 Å². The molecule has 0 saturated heterocycles. The predicted molar refractivity (Wildman–Crippen MR) is 87.5 cm³/mol. The third-order valence-electron chi connectivity index (χ3n) is 3.09. The summed E-state index contributed by atoms with van der Waals surface area (Å²) in [6, 6.07) is 29.0. The van der Waals surface area contributed by atoms with E-state index in [1.807, 2.05) is 97.9 Å². The quantitative estimate of drug-likeness (QED) is 0.607. The van der Waals surface area contributed by atoms with E-state index in [4.69, 9.17) is 0 Å². The van der Waals surface area contributed by atoms with Gasteiger partial charge < -0.3 is 0 Å². The van der Waals surface area contributed by atoms with Crippen LogP contribution in [0.2, 0.25) is 0 Å². The summed E-state index contributed by atoms with van der Waals surface area (Å²) in [6.07, 6.45) is 0. The van der Waals surface area contributed by atoms with Gasteiger partial charge in [0.05, 0.1) is 0 Å². The summed E-state index contributed by atoms with van der Waals surface area (Å²) in [7, 11) is 0. The number of rotatable bonds is 2. The number of aryl methyl sites for hydroxylation is 1. The predicted octanol–water partition coefficient (Wildman–Crippen LogP) is 4.91. The highest BCUT2D eigenvalue weighted by Crippen LogP contribution is 2.13. The first-order valence-electron chi connectivity index (χ1n) is 6.94. The number of benzene rings is 3. The summed E-state index contributed by atoms with van der Waals surface area (Å²) in [5.41, 5.74) is 2.54. The molecule has 0 radical (unpaired) electrons. The number of carbonyl (C=O) groups excluding carboxylic acids is 1. The van der Waals surface area contributed by atoms with Crippen LogP contribution in [0.4, 0.5) is 0 Å². The van der Waals surface area contributed by atoms with Crippen molar-refractivity contribution in [2.24, 2.45) is 0 Å². The topological polar surface area (TPSA) is 17.1 Å². The monoisotopic (exact) mass is 274 g/mol. The van der Waals surface area contributed by atoms with Crippen LogP contribution in [0.3, 0.4) is 0 Å². The van der Waals surface area contributed by atoms with Gasteiger partial charge in [0, 0.05) is 11.1 Å². The molecular weight excluding hydrogens is 256 g/mol. The van der Waals surface area contributed by atoms with Gasteiger partial charge in [-0.2, -0.15) is 0 Å². The van der Waals surface area contributed by atoms with Crippen molar-refractivity contribution >= 4 is 5.78 Å². The maximum absolute atomic E-state index is 12.1. The first kappa shape index (κ1) is 14.7. The molecule has 0 atom stereocenters. The zero-order valence-electron chi connectivity index (χ0n) is 12.1. The zero-order valence-corrected chi connectivity index (χ0v) is 12.1. The molecule has 3 aromatic carbocycles. The summed E-state index contributed by atoms with van der Waals surface area (Å²) < 4.78 is 0. The van der Waals surface area contributed by atoms with E-state index in [1.54, 1.807) is 0 Å². The minimum atomic E-state index is 0.0914. The summed E-state index contributed by atoms with van der Waals surface area (Å²) in [4.78, 5) is 12.1. The number of ketones is 1. The molecule has 104 valence electrons. The Morgan fingerprint density at radius 2 is 1.05 bits per heavy atom. The number of hydrogen-bond donors (Lipinski definition) is 0. The van der Waals surface area contributed by atoms with Gasteiger partial charge in [-0.3, -0.25) is 4.79 Å². The average molecular weight is 274 g/mol. The first-order valence-corrected chi connectivity index (χ1v) is 6.94. The van der Waals surface area contributed by atoms with Gasteiger partial charge in [0.2, 0.25) is 0 Å². The van der Waals surface area contributed by atoms with Crippen molar-refractivity contribution in [1.29, 1.82) is 0 Å². The molecule has 0 spiro atoms. The van der Waals surface area contributed by atoms with Gasteiger partial charge in [0.1, 0.15) is 0 Å². The second-order valence-electron chi connectivity index (χ2n) is 4.66. The van der Waals surface area contributed by atoms with Gasteiger partial charge in [0.15, 0.2) is 5.78 Å². The third-order valence-corrected chi connectivity index (χ3v) is 3.09. The highest BCUT2D eigenvalue weighted by atomic mass is 16.1. The molecule has 0 aliphatic carbocycles. The van der Waals surface area contributed by atoms with E-state index < -0.39 is 0 Å². The average Bonchev–Trinajstić information content (AvgIpc) is 2.58. The number of hydrogen-bond acceptors (Lipinski definition) is 1. The minimum absolute atomic E-state index is 0.0914. The van der Waals surface area contributed by atoms with E-state index >= 15 is 0 Å². The van der Waals surface area contributed by atoms with E-state index in [-0.39, 0.29) is 5.78 Å². The first-order chi connectivity index (χ1) is 10.3. The highest BCUT2D eigenvalue weighted by molar-refractivity contribution is 6.09. The van der Waals surface area contributed by atoms with Crippen LogP contribution in [-0.2, 0) is 0 Å². The summed E-state index contributed by atoms with van der Waals surface area (Å²) in [5.74, 6) is 0.0914. The lowest BCUT2D eigenvalue weighted by molar-refractivity contribution is 0.103. The van der Waals surface area contributed by atoms with Crippen LogP contribution in [0.15, 0.2) is 91.0 Å².